The number of aromatic nitrogens is 2. The summed E-state index contributed by atoms with van der Waals surface area (Å²) in [7, 11) is 2.16. The standard InChI is InChI=1S/C34H27N2/c1-22-21-30(23(2)25-12-5-4-11-24(22)25)34-29-15-10-18-33(28(29)19-20-35(34)3)36-31-16-8-6-13-26(31)27-14-7-9-17-32(27)36/h4-21H,1-3H3/q+1. The van der Waals surface area contributed by atoms with Crippen molar-refractivity contribution < 1.29 is 4.57 Å². The van der Waals surface area contributed by atoms with E-state index in [0.29, 0.717) is 0 Å². The van der Waals surface area contributed by atoms with Crippen LogP contribution in [-0.2, 0) is 7.05 Å². The molecule has 0 atom stereocenters. The van der Waals surface area contributed by atoms with Gasteiger partial charge in [-0.3, -0.25) is 0 Å². The molecule has 0 radical (unpaired) electrons. The first-order chi connectivity index (χ1) is 17.6. The van der Waals surface area contributed by atoms with Gasteiger partial charge in [-0.1, -0.05) is 66.7 Å². The Morgan fingerprint density at radius 2 is 1.14 bits per heavy atom. The molecule has 0 spiro atoms. The molecule has 7 rings (SSSR count). The number of pyridine rings is 1. The highest BCUT2D eigenvalue weighted by Crippen LogP contribution is 2.38. The fraction of sp³-hybridized carbons (Fsp3) is 0.0882. The van der Waals surface area contributed by atoms with Crippen molar-refractivity contribution in [2.45, 2.75) is 13.8 Å². The van der Waals surface area contributed by atoms with Crippen LogP contribution in [0.3, 0.4) is 0 Å². The molecule has 0 aliphatic carbocycles. The van der Waals surface area contributed by atoms with E-state index in [9.17, 15) is 0 Å². The summed E-state index contributed by atoms with van der Waals surface area (Å²) in [5.74, 6) is 0. The minimum absolute atomic E-state index is 1.21. The molecule has 0 aliphatic heterocycles. The Morgan fingerprint density at radius 3 is 1.83 bits per heavy atom. The molecule has 2 heterocycles. The van der Waals surface area contributed by atoms with E-state index >= 15 is 0 Å². The second kappa shape index (κ2) is 7.79. The summed E-state index contributed by atoms with van der Waals surface area (Å²) >= 11 is 0. The molecule has 0 unspecified atom stereocenters. The normalized spacial score (nSPS) is 11.8. The molecule has 0 saturated heterocycles. The van der Waals surface area contributed by atoms with E-state index in [1.54, 1.807) is 0 Å². The second-order valence-electron chi connectivity index (χ2n) is 9.79. The summed E-state index contributed by atoms with van der Waals surface area (Å²) in [6.45, 7) is 4.48. The van der Waals surface area contributed by atoms with E-state index in [1.807, 2.05) is 0 Å². The molecule has 2 heteroatoms. The maximum Gasteiger partial charge on any atom is 0.220 e. The highest BCUT2D eigenvalue weighted by molar-refractivity contribution is 6.11. The van der Waals surface area contributed by atoms with Crippen LogP contribution in [0.25, 0.3) is 60.3 Å². The van der Waals surface area contributed by atoms with Crippen molar-refractivity contribution in [1.82, 2.24) is 4.57 Å². The zero-order valence-corrected chi connectivity index (χ0v) is 20.8. The lowest BCUT2D eigenvalue weighted by Crippen LogP contribution is -2.31. The molecule has 0 N–H and O–H groups in total. The van der Waals surface area contributed by atoms with Gasteiger partial charge in [-0.15, -0.1) is 0 Å². The van der Waals surface area contributed by atoms with Crippen LogP contribution < -0.4 is 4.57 Å². The molecule has 0 bridgehead atoms. The summed E-state index contributed by atoms with van der Waals surface area (Å²) in [6, 6.07) is 37.5. The van der Waals surface area contributed by atoms with Crippen molar-refractivity contribution in [2.24, 2.45) is 7.05 Å². The van der Waals surface area contributed by atoms with Crippen LogP contribution in [0.15, 0.2) is 109 Å². The lowest BCUT2D eigenvalue weighted by Gasteiger charge is -2.15. The summed E-state index contributed by atoms with van der Waals surface area (Å²) in [4.78, 5) is 0. The lowest BCUT2D eigenvalue weighted by molar-refractivity contribution is -0.659. The molecular weight excluding hydrogens is 436 g/mol. The third-order valence-corrected chi connectivity index (χ3v) is 7.75. The summed E-state index contributed by atoms with van der Waals surface area (Å²) in [6.07, 6.45) is 2.21. The molecule has 36 heavy (non-hydrogen) atoms. The van der Waals surface area contributed by atoms with E-state index in [2.05, 4.69) is 139 Å². The third-order valence-electron chi connectivity index (χ3n) is 7.75. The monoisotopic (exact) mass is 463 g/mol. The van der Waals surface area contributed by atoms with Crippen molar-refractivity contribution in [2.75, 3.05) is 0 Å². The van der Waals surface area contributed by atoms with Gasteiger partial charge in [-0.05, 0) is 66.1 Å². The average molecular weight is 464 g/mol. The molecule has 0 amide bonds. The average Bonchev–Trinajstić information content (AvgIpc) is 3.25. The van der Waals surface area contributed by atoms with E-state index in [4.69, 9.17) is 0 Å². The number of benzene rings is 5. The first kappa shape index (κ1) is 20.9. The fourth-order valence-electron chi connectivity index (χ4n) is 6.05. The summed E-state index contributed by atoms with van der Waals surface area (Å²) in [5.41, 5.74) is 8.85. The second-order valence-corrected chi connectivity index (χ2v) is 9.79. The smallest absolute Gasteiger partial charge is 0.220 e. The molecule has 2 nitrogen and oxygen atoms in total. The highest BCUT2D eigenvalue weighted by Gasteiger charge is 2.22. The van der Waals surface area contributed by atoms with Crippen LogP contribution in [0, 0.1) is 13.8 Å². The van der Waals surface area contributed by atoms with Crippen molar-refractivity contribution >= 4 is 43.4 Å². The molecule has 2 aromatic heterocycles. The fourth-order valence-corrected chi connectivity index (χ4v) is 6.05. The number of hydrogen-bond donors (Lipinski definition) is 0. The first-order valence-electron chi connectivity index (χ1n) is 12.5. The van der Waals surface area contributed by atoms with Crippen LogP contribution in [0.2, 0.25) is 0 Å². The molecular formula is C34H27N2+. The highest BCUT2D eigenvalue weighted by atomic mass is 15.0. The molecule has 0 saturated carbocycles. The van der Waals surface area contributed by atoms with Gasteiger partial charge in [0.25, 0.3) is 0 Å². The van der Waals surface area contributed by atoms with Gasteiger partial charge in [0.05, 0.1) is 27.7 Å². The van der Waals surface area contributed by atoms with Crippen LogP contribution in [0.5, 0.6) is 0 Å². The Morgan fingerprint density at radius 1 is 0.556 bits per heavy atom. The van der Waals surface area contributed by atoms with Crippen molar-refractivity contribution in [1.29, 1.82) is 0 Å². The van der Waals surface area contributed by atoms with Crippen molar-refractivity contribution in [3.63, 3.8) is 0 Å². The number of nitrogens with zero attached hydrogens (tertiary/aromatic N) is 2. The summed E-state index contributed by atoms with van der Waals surface area (Å²) in [5, 5.41) is 7.73. The molecule has 172 valence electrons. The zero-order chi connectivity index (χ0) is 24.4. The number of fused-ring (bicyclic) bond motifs is 5. The Hall–Kier alpha value is -4.43. The van der Waals surface area contributed by atoms with Gasteiger partial charge in [-0.25, -0.2) is 4.57 Å². The van der Waals surface area contributed by atoms with Crippen molar-refractivity contribution in [3.05, 3.63) is 120 Å². The van der Waals surface area contributed by atoms with Gasteiger partial charge in [0.15, 0.2) is 6.20 Å². The Bertz CT molecular complexity index is 1920. The van der Waals surface area contributed by atoms with E-state index in [0.717, 1.165) is 0 Å². The first-order valence-corrected chi connectivity index (χ1v) is 12.5. The SMILES string of the molecule is Cc1cc(-c2c3cccc(-n4c5ccccc5c5ccccc54)c3cc[n+]2C)c(C)c2ccccc12. The largest absolute Gasteiger partial charge is 0.309 e. The van der Waals surface area contributed by atoms with Crippen LogP contribution in [0.4, 0.5) is 0 Å². The van der Waals surface area contributed by atoms with Crippen molar-refractivity contribution in [3.8, 4) is 16.9 Å². The van der Waals surface area contributed by atoms with E-state index in [-0.39, 0.29) is 0 Å². The minimum atomic E-state index is 1.21. The third kappa shape index (κ3) is 2.88. The number of para-hydroxylation sites is 2. The van der Waals surface area contributed by atoms with Gasteiger partial charge in [0.1, 0.15) is 7.05 Å². The maximum absolute atomic E-state index is 2.43. The Balaban J connectivity index is 1.59. The van der Waals surface area contributed by atoms with Gasteiger partial charge in [0, 0.05) is 22.2 Å². The molecule has 0 fully saturated rings. The zero-order valence-electron chi connectivity index (χ0n) is 20.8. The van der Waals surface area contributed by atoms with E-state index < -0.39 is 0 Å². The van der Waals surface area contributed by atoms with E-state index in [1.165, 1.54) is 71.4 Å². The predicted molar refractivity (Wildman–Crippen MR) is 152 cm³/mol. The predicted octanol–water partition coefficient (Wildman–Crippen LogP) is 8.20. The minimum Gasteiger partial charge on any atom is -0.309 e. The quantitative estimate of drug-likeness (QED) is 0.229. The topological polar surface area (TPSA) is 8.81 Å². The number of rotatable bonds is 2. The molecule has 7 aromatic rings. The Labute approximate surface area is 210 Å². The molecule has 5 aromatic carbocycles. The number of hydrogen-bond acceptors (Lipinski definition) is 0. The van der Waals surface area contributed by atoms with Crippen LogP contribution in [-0.4, -0.2) is 4.57 Å². The van der Waals surface area contributed by atoms with Crippen LogP contribution in [0.1, 0.15) is 11.1 Å². The lowest BCUT2D eigenvalue weighted by atomic mass is 9.92. The van der Waals surface area contributed by atoms with Crippen LogP contribution >= 0.6 is 0 Å². The Kier molecular flexibility index (Phi) is 4.52. The number of aryl methyl sites for hydroxylation is 3. The summed E-state index contributed by atoms with van der Waals surface area (Å²) < 4.78 is 4.70. The van der Waals surface area contributed by atoms with Gasteiger partial charge < -0.3 is 4.57 Å². The maximum atomic E-state index is 2.43. The van der Waals surface area contributed by atoms with Gasteiger partial charge in [0.2, 0.25) is 5.69 Å². The van der Waals surface area contributed by atoms with Gasteiger partial charge in [-0.2, -0.15) is 0 Å². The molecule has 0 aliphatic rings. The van der Waals surface area contributed by atoms with Gasteiger partial charge >= 0.3 is 0 Å².